The van der Waals surface area contributed by atoms with Crippen LogP contribution in [-0.4, -0.2) is 31.2 Å². The van der Waals surface area contributed by atoms with Crippen molar-refractivity contribution in [1.29, 1.82) is 0 Å². The van der Waals surface area contributed by atoms with Crippen LogP contribution in [-0.2, 0) is 19.5 Å². The summed E-state index contributed by atoms with van der Waals surface area (Å²) in [4.78, 5) is 4.63. The Labute approximate surface area is 136 Å². The Balaban J connectivity index is 1.89. The molecule has 0 amide bonds. The van der Waals surface area contributed by atoms with Gasteiger partial charge in [0.1, 0.15) is 4.60 Å². The van der Waals surface area contributed by atoms with Crippen LogP contribution in [0.25, 0.3) is 0 Å². The zero-order chi connectivity index (χ0) is 15.1. The second-order valence-corrected chi connectivity index (χ2v) is 11.8. The molecule has 2 heterocycles. The van der Waals surface area contributed by atoms with Gasteiger partial charge in [-0.3, -0.25) is 0 Å². The molecule has 0 aromatic carbocycles. The Kier molecular flexibility index (Phi) is 4.38. The second kappa shape index (κ2) is 5.83. The third-order valence-electron chi connectivity index (χ3n) is 3.91. The first-order valence-corrected chi connectivity index (χ1v) is 11.9. The smallest absolute Gasteiger partial charge is 0.245 e. The van der Waals surface area contributed by atoms with Crippen LogP contribution < -0.4 is 0 Å². The topological polar surface area (TPSA) is 56.3 Å². The fourth-order valence-electron chi connectivity index (χ4n) is 2.93. The van der Waals surface area contributed by atoms with Gasteiger partial charge >= 0.3 is 0 Å². The molecule has 1 aromatic rings. The van der Waals surface area contributed by atoms with Crippen molar-refractivity contribution in [2.24, 2.45) is 0 Å². The predicted octanol–water partition coefficient (Wildman–Crippen LogP) is 3.71. The van der Waals surface area contributed by atoms with Crippen LogP contribution in [0.15, 0.2) is 16.7 Å². The van der Waals surface area contributed by atoms with Crippen molar-refractivity contribution in [2.45, 2.75) is 37.4 Å². The number of pyridine rings is 1. The molecular weight excluding hydrogens is 374 g/mol. The number of nitrogens with zero attached hydrogens (tertiary/aromatic N) is 1. The summed E-state index contributed by atoms with van der Waals surface area (Å²) >= 11 is 3.44. The monoisotopic (exact) mass is 393 g/mol. The highest BCUT2D eigenvalue weighted by Gasteiger charge is 2.36. The molecule has 2 aliphatic rings. The van der Waals surface area contributed by atoms with Crippen molar-refractivity contribution in [3.63, 3.8) is 0 Å². The van der Waals surface area contributed by atoms with Gasteiger partial charge in [-0.2, -0.15) is 8.42 Å². The average molecular weight is 394 g/mol. The standard InChI is InChI=1S/C14H20BrNO3S2/c1-20(17,18)19-21(8-2-3-9-21)10-12-6-7-13(15)16-14(12)11-4-5-11/h6-7,11H,2-5,8-10H2,1H3. The molecule has 21 heavy (non-hydrogen) atoms. The van der Waals surface area contributed by atoms with Gasteiger partial charge in [0, 0.05) is 28.9 Å². The van der Waals surface area contributed by atoms with Gasteiger partial charge < -0.3 is 0 Å². The predicted molar refractivity (Wildman–Crippen MR) is 90.1 cm³/mol. The van der Waals surface area contributed by atoms with E-state index in [1.807, 2.05) is 6.07 Å². The summed E-state index contributed by atoms with van der Waals surface area (Å²) in [7, 11) is -4.96. The molecule has 0 radical (unpaired) electrons. The molecule has 3 rings (SSSR count). The number of rotatable bonds is 5. The van der Waals surface area contributed by atoms with E-state index in [9.17, 15) is 8.42 Å². The van der Waals surface area contributed by atoms with Crippen molar-refractivity contribution in [1.82, 2.24) is 4.98 Å². The molecule has 1 saturated heterocycles. The molecule has 0 atom stereocenters. The van der Waals surface area contributed by atoms with Gasteiger partial charge in [-0.15, -0.1) is 10.3 Å². The summed E-state index contributed by atoms with van der Waals surface area (Å²) in [5.41, 5.74) is 2.32. The van der Waals surface area contributed by atoms with Gasteiger partial charge in [-0.25, -0.2) is 8.61 Å². The van der Waals surface area contributed by atoms with E-state index in [1.54, 1.807) is 0 Å². The van der Waals surface area contributed by atoms with Gasteiger partial charge in [-0.05, 0) is 53.2 Å². The molecule has 1 aliphatic heterocycles. The maximum Gasteiger partial charge on any atom is 0.273 e. The summed E-state index contributed by atoms with van der Waals surface area (Å²) in [6.45, 7) is 0. The third-order valence-corrected chi connectivity index (χ3v) is 9.40. The number of hydrogen-bond donors (Lipinski definition) is 0. The molecule has 1 aromatic heterocycles. The first-order chi connectivity index (χ1) is 9.87. The molecule has 0 unspecified atom stereocenters. The normalized spacial score (nSPS) is 23.1. The number of aromatic nitrogens is 1. The van der Waals surface area contributed by atoms with Crippen LogP contribution >= 0.6 is 26.2 Å². The van der Waals surface area contributed by atoms with Crippen LogP contribution in [0.3, 0.4) is 0 Å². The maximum absolute atomic E-state index is 11.6. The van der Waals surface area contributed by atoms with E-state index in [1.165, 1.54) is 24.7 Å². The van der Waals surface area contributed by atoms with Crippen LogP contribution in [0.5, 0.6) is 0 Å². The molecule has 4 nitrogen and oxygen atoms in total. The average Bonchev–Trinajstić information content (AvgIpc) is 3.12. The van der Waals surface area contributed by atoms with Crippen LogP contribution in [0.1, 0.15) is 42.9 Å². The lowest BCUT2D eigenvalue weighted by Gasteiger charge is -2.34. The summed E-state index contributed by atoms with van der Waals surface area (Å²) in [5, 5.41) is 0. The quantitative estimate of drug-likeness (QED) is 0.715. The Bertz CT molecular complexity index is 638. The van der Waals surface area contributed by atoms with E-state index in [4.69, 9.17) is 3.63 Å². The Morgan fingerprint density at radius 1 is 1.33 bits per heavy atom. The van der Waals surface area contributed by atoms with E-state index >= 15 is 0 Å². The summed E-state index contributed by atoms with van der Waals surface area (Å²) in [6, 6.07) is 4.03. The number of halogens is 1. The minimum Gasteiger partial charge on any atom is -0.245 e. The van der Waals surface area contributed by atoms with Crippen molar-refractivity contribution < 1.29 is 12.0 Å². The SMILES string of the molecule is CS(=O)(=O)OS1(Cc2ccc(Br)nc2C2CC2)CCCC1. The highest BCUT2D eigenvalue weighted by Crippen LogP contribution is 2.59. The first-order valence-electron chi connectivity index (χ1n) is 7.20. The summed E-state index contributed by atoms with van der Waals surface area (Å²) in [6.07, 6.45) is 5.67. The molecule has 1 aliphatic carbocycles. The van der Waals surface area contributed by atoms with Crippen molar-refractivity contribution in [2.75, 3.05) is 17.8 Å². The fourth-order valence-corrected chi connectivity index (χ4v) is 8.85. The van der Waals surface area contributed by atoms with Crippen LogP contribution in [0.2, 0.25) is 0 Å². The van der Waals surface area contributed by atoms with Gasteiger partial charge in [0.2, 0.25) is 0 Å². The van der Waals surface area contributed by atoms with E-state index < -0.39 is 20.4 Å². The highest BCUT2D eigenvalue weighted by molar-refractivity contribution is 9.10. The molecule has 118 valence electrons. The highest BCUT2D eigenvalue weighted by atomic mass is 79.9. The Morgan fingerprint density at radius 2 is 2.00 bits per heavy atom. The van der Waals surface area contributed by atoms with E-state index in [0.29, 0.717) is 5.92 Å². The van der Waals surface area contributed by atoms with E-state index in [2.05, 4.69) is 27.0 Å². The van der Waals surface area contributed by atoms with Crippen molar-refractivity contribution in [3.05, 3.63) is 28.0 Å². The Morgan fingerprint density at radius 3 is 2.57 bits per heavy atom. The zero-order valence-corrected chi connectivity index (χ0v) is 15.3. The lowest BCUT2D eigenvalue weighted by atomic mass is 10.1. The second-order valence-electron chi connectivity index (χ2n) is 5.95. The van der Waals surface area contributed by atoms with Crippen molar-refractivity contribution >= 4 is 36.4 Å². The van der Waals surface area contributed by atoms with Gasteiger partial charge in [0.05, 0.1) is 6.26 Å². The van der Waals surface area contributed by atoms with E-state index in [-0.39, 0.29) is 0 Å². The van der Waals surface area contributed by atoms with Gasteiger partial charge in [0.25, 0.3) is 10.1 Å². The molecule has 7 heteroatoms. The lowest BCUT2D eigenvalue weighted by Crippen LogP contribution is -2.15. The van der Waals surface area contributed by atoms with Gasteiger partial charge in [-0.1, -0.05) is 6.07 Å². The maximum atomic E-state index is 11.6. The third kappa shape index (κ3) is 4.00. The first kappa shape index (κ1) is 15.8. The molecule has 2 fully saturated rings. The van der Waals surface area contributed by atoms with Crippen molar-refractivity contribution in [3.8, 4) is 0 Å². The number of hydrogen-bond acceptors (Lipinski definition) is 4. The van der Waals surface area contributed by atoms with E-state index in [0.717, 1.165) is 40.4 Å². The molecule has 0 N–H and O–H groups in total. The molecular formula is C14H20BrNO3S2. The summed E-state index contributed by atoms with van der Waals surface area (Å²) in [5.74, 6) is 3.06. The molecule has 0 bridgehead atoms. The van der Waals surface area contributed by atoms with Gasteiger partial charge in [0.15, 0.2) is 0 Å². The minimum absolute atomic E-state index is 0.550. The largest absolute Gasteiger partial charge is 0.273 e. The van der Waals surface area contributed by atoms with Crippen LogP contribution in [0, 0.1) is 0 Å². The summed E-state index contributed by atoms with van der Waals surface area (Å²) < 4.78 is 29.7. The zero-order valence-electron chi connectivity index (χ0n) is 12.0. The molecule has 1 saturated carbocycles. The van der Waals surface area contributed by atoms with Crippen LogP contribution in [0.4, 0.5) is 0 Å². The lowest BCUT2D eigenvalue weighted by molar-refractivity contribution is 0.517. The fraction of sp³-hybridized carbons (Fsp3) is 0.643. The molecule has 0 spiro atoms. The Hall–Kier alpha value is -0.110. The minimum atomic E-state index is -3.40.